The molecule has 1 saturated carbocycles. The highest BCUT2D eigenvalue weighted by molar-refractivity contribution is 6.36. The van der Waals surface area contributed by atoms with Gasteiger partial charge in [-0.05, 0) is 38.3 Å². The minimum Gasteiger partial charge on any atom is -0.345 e. The predicted molar refractivity (Wildman–Crippen MR) is 87.7 cm³/mol. The zero-order valence-electron chi connectivity index (χ0n) is 12.1. The predicted octanol–water partition coefficient (Wildman–Crippen LogP) is 4.48. The Hall–Kier alpha value is -1.65. The highest BCUT2D eigenvalue weighted by Crippen LogP contribution is 2.48. The van der Waals surface area contributed by atoms with E-state index in [9.17, 15) is 4.79 Å². The summed E-state index contributed by atoms with van der Waals surface area (Å²) in [5.74, 6) is 0.416. The number of nitrogens with zero attached hydrogens (tertiary/aromatic N) is 2. The standard InChI is InChI=1S/C16H15Cl2N3O/c1-10(22)11-8-19-15(20-9-11)21-16(6-3-7-16)14-12(17)4-2-5-13(14)18/h2,4-5,8-9H,3,6-7H2,1H3,(H,19,20,21). The van der Waals surface area contributed by atoms with Crippen LogP contribution in [-0.4, -0.2) is 15.8 Å². The van der Waals surface area contributed by atoms with Crippen LogP contribution in [0.3, 0.4) is 0 Å². The summed E-state index contributed by atoms with van der Waals surface area (Å²) in [4.78, 5) is 19.7. The van der Waals surface area contributed by atoms with Gasteiger partial charge in [0.05, 0.1) is 11.1 Å². The van der Waals surface area contributed by atoms with Crippen molar-refractivity contribution in [3.63, 3.8) is 0 Å². The number of rotatable bonds is 4. The molecular weight excluding hydrogens is 321 g/mol. The van der Waals surface area contributed by atoms with Gasteiger partial charge < -0.3 is 5.32 Å². The molecule has 1 N–H and O–H groups in total. The zero-order chi connectivity index (χ0) is 15.7. The van der Waals surface area contributed by atoms with Crippen molar-refractivity contribution < 1.29 is 4.79 Å². The van der Waals surface area contributed by atoms with Gasteiger partial charge in [-0.1, -0.05) is 29.3 Å². The summed E-state index contributed by atoms with van der Waals surface area (Å²) in [6.45, 7) is 1.49. The molecule has 1 fully saturated rings. The summed E-state index contributed by atoms with van der Waals surface area (Å²) >= 11 is 12.7. The third-order valence-corrected chi connectivity index (χ3v) is 4.69. The highest BCUT2D eigenvalue weighted by Gasteiger charge is 2.42. The Labute approximate surface area is 138 Å². The van der Waals surface area contributed by atoms with E-state index in [1.165, 1.54) is 19.3 Å². The number of carbonyl (C=O) groups is 1. The summed E-state index contributed by atoms with van der Waals surface area (Å²) < 4.78 is 0. The van der Waals surface area contributed by atoms with Crippen molar-refractivity contribution in [1.82, 2.24) is 9.97 Å². The summed E-state index contributed by atoms with van der Waals surface area (Å²) in [5, 5.41) is 4.63. The molecule has 0 atom stereocenters. The van der Waals surface area contributed by atoms with Gasteiger partial charge in [0.2, 0.25) is 5.95 Å². The van der Waals surface area contributed by atoms with Crippen molar-refractivity contribution in [3.8, 4) is 0 Å². The largest absolute Gasteiger partial charge is 0.345 e. The first-order valence-electron chi connectivity index (χ1n) is 7.07. The maximum atomic E-state index is 11.3. The SMILES string of the molecule is CC(=O)c1cnc(NC2(c3c(Cl)cccc3Cl)CCC2)nc1. The van der Waals surface area contributed by atoms with Gasteiger partial charge in [0.15, 0.2) is 5.78 Å². The second kappa shape index (κ2) is 5.86. The van der Waals surface area contributed by atoms with Gasteiger partial charge in [0.25, 0.3) is 0 Å². The molecule has 0 bridgehead atoms. The van der Waals surface area contributed by atoms with Crippen molar-refractivity contribution in [1.29, 1.82) is 0 Å². The fourth-order valence-electron chi connectivity index (χ4n) is 2.71. The van der Waals surface area contributed by atoms with Gasteiger partial charge >= 0.3 is 0 Å². The van der Waals surface area contributed by atoms with Crippen molar-refractivity contribution in [2.24, 2.45) is 0 Å². The van der Waals surface area contributed by atoms with Crippen LogP contribution in [0.1, 0.15) is 42.1 Å². The van der Waals surface area contributed by atoms with Gasteiger partial charge in [-0.2, -0.15) is 0 Å². The number of hydrogen-bond donors (Lipinski definition) is 1. The Bertz CT molecular complexity index is 692. The van der Waals surface area contributed by atoms with E-state index in [1.54, 1.807) is 0 Å². The van der Waals surface area contributed by atoms with E-state index in [0.29, 0.717) is 21.6 Å². The maximum absolute atomic E-state index is 11.3. The van der Waals surface area contributed by atoms with E-state index >= 15 is 0 Å². The molecule has 6 heteroatoms. The molecule has 0 spiro atoms. The zero-order valence-corrected chi connectivity index (χ0v) is 13.6. The van der Waals surface area contributed by atoms with Crippen molar-refractivity contribution in [2.45, 2.75) is 31.7 Å². The number of anilines is 1. The van der Waals surface area contributed by atoms with E-state index in [4.69, 9.17) is 23.2 Å². The number of nitrogens with one attached hydrogen (secondary N) is 1. The molecule has 2 aromatic rings. The van der Waals surface area contributed by atoms with Crippen molar-refractivity contribution >= 4 is 34.9 Å². The molecule has 114 valence electrons. The highest BCUT2D eigenvalue weighted by atomic mass is 35.5. The molecule has 1 aromatic heterocycles. The van der Waals surface area contributed by atoms with E-state index in [0.717, 1.165) is 24.8 Å². The third kappa shape index (κ3) is 2.69. The number of halogens is 2. The topological polar surface area (TPSA) is 54.9 Å². The van der Waals surface area contributed by atoms with Crippen LogP contribution in [0.5, 0.6) is 0 Å². The monoisotopic (exact) mass is 335 g/mol. The minimum absolute atomic E-state index is 0.0564. The van der Waals surface area contributed by atoms with Crippen LogP contribution in [0.4, 0.5) is 5.95 Å². The minimum atomic E-state index is -0.340. The molecule has 3 rings (SSSR count). The number of benzene rings is 1. The molecule has 4 nitrogen and oxygen atoms in total. The van der Waals surface area contributed by atoms with Crippen molar-refractivity contribution in [3.05, 3.63) is 51.8 Å². The second-order valence-electron chi connectivity index (χ2n) is 5.51. The first-order chi connectivity index (χ1) is 10.5. The average Bonchev–Trinajstić information content (AvgIpc) is 2.44. The summed E-state index contributed by atoms with van der Waals surface area (Å²) in [7, 11) is 0. The lowest BCUT2D eigenvalue weighted by Gasteiger charge is -2.44. The number of Topliss-reactive ketones (excluding diaryl/α,β-unsaturated/α-hetero) is 1. The van der Waals surface area contributed by atoms with Crippen LogP contribution in [0, 0.1) is 0 Å². The van der Waals surface area contributed by atoms with Crippen LogP contribution < -0.4 is 5.32 Å². The average molecular weight is 336 g/mol. The van der Waals surface area contributed by atoms with Gasteiger partial charge in [0.1, 0.15) is 0 Å². The molecule has 1 aromatic carbocycles. The molecular formula is C16H15Cl2N3O. The molecule has 0 radical (unpaired) electrons. The van der Waals surface area contributed by atoms with Crippen molar-refractivity contribution in [2.75, 3.05) is 5.32 Å². The Kier molecular flexibility index (Phi) is 4.06. The molecule has 1 heterocycles. The quantitative estimate of drug-likeness (QED) is 0.837. The van der Waals surface area contributed by atoms with E-state index in [1.807, 2.05) is 18.2 Å². The summed E-state index contributed by atoms with van der Waals surface area (Å²) in [5.41, 5.74) is 1.04. The lowest BCUT2D eigenvalue weighted by atomic mass is 9.72. The van der Waals surface area contributed by atoms with Gasteiger partial charge in [0, 0.05) is 28.0 Å². The Morgan fingerprint density at radius 1 is 1.18 bits per heavy atom. The summed E-state index contributed by atoms with van der Waals surface area (Å²) in [6.07, 6.45) is 5.96. The normalized spacial score (nSPS) is 16.0. The number of aromatic nitrogens is 2. The van der Waals surface area contributed by atoms with E-state index < -0.39 is 0 Å². The maximum Gasteiger partial charge on any atom is 0.223 e. The van der Waals surface area contributed by atoms with Crippen LogP contribution in [0.25, 0.3) is 0 Å². The fourth-order valence-corrected chi connectivity index (χ4v) is 3.47. The van der Waals surface area contributed by atoms with Crippen LogP contribution in [-0.2, 0) is 5.54 Å². The molecule has 0 aliphatic heterocycles. The molecule has 0 unspecified atom stereocenters. The van der Waals surface area contributed by atoms with Crippen LogP contribution in [0.15, 0.2) is 30.6 Å². The lowest BCUT2D eigenvalue weighted by Crippen LogP contribution is -2.43. The Morgan fingerprint density at radius 3 is 2.23 bits per heavy atom. The van der Waals surface area contributed by atoms with Crippen LogP contribution >= 0.6 is 23.2 Å². The molecule has 1 aliphatic carbocycles. The first kappa shape index (κ1) is 15.3. The third-order valence-electron chi connectivity index (χ3n) is 4.06. The van der Waals surface area contributed by atoms with Crippen LogP contribution in [0.2, 0.25) is 10.0 Å². The van der Waals surface area contributed by atoms with E-state index in [-0.39, 0.29) is 11.3 Å². The molecule has 0 amide bonds. The Balaban J connectivity index is 1.93. The number of ketones is 1. The molecule has 0 saturated heterocycles. The smallest absolute Gasteiger partial charge is 0.223 e. The molecule has 1 aliphatic rings. The second-order valence-corrected chi connectivity index (χ2v) is 6.32. The van der Waals surface area contributed by atoms with Gasteiger partial charge in [-0.25, -0.2) is 9.97 Å². The summed E-state index contributed by atoms with van der Waals surface area (Å²) in [6, 6.07) is 5.51. The molecule has 22 heavy (non-hydrogen) atoms. The van der Waals surface area contributed by atoms with Gasteiger partial charge in [-0.15, -0.1) is 0 Å². The van der Waals surface area contributed by atoms with Gasteiger partial charge in [-0.3, -0.25) is 4.79 Å². The lowest BCUT2D eigenvalue weighted by molar-refractivity contribution is 0.101. The Morgan fingerprint density at radius 2 is 1.77 bits per heavy atom. The van der Waals surface area contributed by atoms with E-state index in [2.05, 4.69) is 15.3 Å². The fraction of sp³-hybridized carbons (Fsp3) is 0.312. The number of carbonyl (C=O) groups excluding carboxylic acids is 1. The number of hydrogen-bond acceptors (Lipinski definition) is 4. The first-order valence-corrected chi connectivity index (χ1v) is 7.83.